The Morgan fingerprint density at radius 2 is 1.95 bits per heavy atom. The highest BCUT2D eigenvalue weighted by Crippen LogP contribution is 2.26. The third kappa shape index (κ3) is 3.23. The van der Waals surface area contributed by atoms with Crippen LogP contribution >= 0.6 is 27.5 Å². The summed E-state index contributed by atoms with van der Waals surface area (Å²) in [6.07, 6.45) is 0. The van der Waals surface area contributed by atoms with Gasteiger partial charge in [0.05, 0.1) is 15.7 Å². The molecule has 2 aromatic rings. The molecule has 0 saturated heterocycles. The summed E-state index contributed by atoms with van der Waals surface area (Å²) in [6.45, 7) is 0. The number of aromatic carboxylic acids is 1. The second-order valence-corrected chi connectivity index (χ2v) is 4.98. The summed E-state index contributed by atoms with van der Waals surface area (Å²) in [5.41, 5.74) is -0.303. The van der Waals surface area contributed by atoms with Crippen LogP contribution in [-0.2, 0) is 0 Å². The molecule has 104 valence electrons. The van der Waals surface area contributed by atoms with Gasteiger partial charge < -0.3 is 10.4 Å². The number of anilines is 2. The van der Waals surface area contributed by atoms with Gasteiger partial charge in [-0.3, -0.25) is 0 Å². The van der Waals surface area contributed by atoms with Crippen molar-refractivity contribution in [3.8, 4) is 0 Å². The van der Waals surface area contributed by atoms with Crippen LogP contribution in [-0.4, -0.2) is 16.1 Å². The van der Waals surface area contributed by atoms with E-state index < -0.39 is 17.6 Å². The van der Waals surface area contributed by atoms with E-state index in [0.29, 0.717) is 0 Å². The van der Waals surface area contributed by atoms with Gasteiger partial charge in [0.1, 0.15) is 22.6 Å². The van der Waals surface area contributed by atoms with Crippen LogP contribution in [0.15, 0.2) is 28.7 Å². The summed E-state index contributed by atoms with van der Waals surface area (Å²) >= 11 is 8.52. The van der Waals surface area contributed by atoms with Gasteiger partial charge in [0, 0.05) is 6.07 Å². The second-order valence-electron chi connectivity index (χ2n) is 3.74. The molecule has 0 aliphatic rings. The maximum atomic E-state index is 13.6. The van der Waals surface area contributed by atoms with Gasteiger partial charge in [0.15, 0.2) is 0 Å². The summed E-state index contributed by atoms with van der Waals surface area (Å²) < 4.78 is 27.0. The molecule has 0 aliphatic carbocycles. The normalized spacial score (nSPS) is 10.4. The van der Waals surface area contributed by atoms with Crippen LogP contribution in [0, 0.1) is 11.6 Å². The van der Waals surface area contributed by atoms with E-state index in [9.17, 15) is 13.6 Å². The number of nitrogens with zero attached hydrogens (tertiary/aromatic N) is 1. The SMILES string of the molecule is O=C(O)c1cc(Cl)nc(Nc2cc(F)c(Br)cc2F)c1. The summed E-state index contributed by atoms with van der Waals surface area (Å²) in [4.78, 5) is 14.7. The van der Waals surface area contributed by atoms with Gasteiger partial charge in [-0.2, -0.15) is 0 Å². The zero-order valence-electron chi connectivity index (χ0n) is 9.62. The Balaban J connectivity index is 2.40. The van der Waals surface area contributed by atoms with Crippen molar-refractivity contribution in [2.24, 2.45) is 0 Å². The molecule has 0 radical (unpaired) electrons. The van der Waals surface area contributed by atoms with E-state index in [1.54, 1.807) is 0 Å². The van der Waals surface area contributed by atoms with Crippen LogP contribution in [0.4, 0.5) is 20.3 Å². The van der Waals surface area contributed by atoms with Crippen LogP contribution in [0.25, 0.3) is 0 Å². The molecular weight excluding hydrogens is 357 g/mol. The van der Waals surface area contributed by atoms with Crippen LogP contribution in [0.5, 0.6) is 0 Å². The minimum absolute atomic E-state index is 0.00415. The van der Waals surface area contributed by atoms with Gasteiger partial charge in [0.25, 0.3) is 0 Å². The first-order chi connectivity index (χ1) is 9.36. The van der Waals surface area contributed by atoms with Crippen LogP contribution in [0.2, 0.25) is 5.15 Å². The summed E-state index contributed by atoms with van der Waals surface area (Å²) in [5, 5.41) is 11.3. The Morgan fingerprint density at radius 1 is 1.25 bits per heavy atom. The topological polar surface area (TPSA) is 62.2 Å². The monoisotopic (exact) mass is 362 g/mol. The van der Waals surface area contributed by atoms with Crippen molar-refractivity contribution in [2.75, 3.05) is 5.32 Å². The van der Waals surface area contributed by atoms with Crippen molar-refractivity contribution in [1.29, 1.82) is 0 Å². The largest absolute Gasteiger partial charge is 0.478 e. The van der Waals surface area contributed by atoms with Gasteiger partial charge in [-0.1, -0.05) is 11.6 Å². The fraction of sp³-hybridized carbons (Fsp3) is 0. The number of pyridine rings is 1. The smallest absolute Gasteiger partial charge is 0.335 e. The third-order valence-corrected chi connectivity index (χ3v) is 3.12. The number of carboxylic acids is 1. The molecule has 20 heavy (non-hydrogen) atoms. The van der Waals surface area contributed by atoms with Crippen molar-refractivity contribution >= 4 is 45.0 Å². The number of carbonyl (C=O) groups is 1. The minimum Gasteiger partial charge on any atom is -0.478 e. The molecule has 2 rings (SSSR count). The van der Waals surface area contributed by atoms with Crippen molar-refractivity contribution < 1.29 is 18.7 Å². The molecule has 0 aliphatic heterocycles. The van der Waals surface area contributed by atoms with Crippen LogP contribution < -0.4 is 5.32 Å². The lowest BCUT2D eigenvalue weighted by Crippen LogP contribution is -2.02. The predicted molar refractivity (Wildman–Crippen MR) is 73.5 cm³/mol. The van der Waals surface area contributed by atoms with E-state index in [2.05, 4.69) is 26.2 Å². The molecule has 8 heteroatoms. The van der Waals surface area contributed by atoms with E-state index in [0.717, 1.165) is 24.3 Å². The Morgan fingerprint density at radius 3 is 2.60 bits per heavy atom. The molecule has 1 aromatic carbocycles. The first-order valence-electron chi connectivity index (χ1n) is 5.19. The summed E-state index contributed by atoms with van der Waals surface area (Å²) in [6, 6.07) is 4.17. The van der Waals surface area contributed by atoms with E-state index >= 15 is 0 Å². The Labute approximate surface area is 125 Å². The van der Waals surface area contributed by atoms with Crippen molar-refractivity contribution in [2.45, 2.75) is 0 Å². The van der Waals surface area contributed by atoms with E-state index in [1.165, 1.54) is 0 Å². The number of aromatic nitrogens is 1. The van der Waals surface area contributed by atoms with E-state index in [1.807, 2.05) is 0 Å². The van der Waals surface area contributed by atoms with Crippen molar-refractivity contribution in [3.63, 3.8) is 0 Å². The van der Waals surface area contributed by atoms with Gasteiger partial charge in [-0.05, 0) is 34.1 Å². The van der Waals surface area contributed by atoms with Gasteiger partial charge in [-0.25, -0.2) is 18.6 Å². The predicted octanol–water partition coefficient (Wildman–Crippen LogP) is 4.22. The van der Waals surface area contributed by atoms with Crippen molar-refractivity contribution in [1.82, 2.24) is 4.98 Å². The number of hydrogen-bond donors (Lipinski definition) is 2. The lowest BCUT2D eigenvalue weighted by Gasteiger charge is -2.09. The zero-order valence-corrected chi connectivity index (χ0v) is 12.0. The van der Waals surface area contributed by atoms with E-state index in [4.69, 9.17) is 16.7 Å². The van der Waals surface area contributed by atoms with Crippen LogP contribution in [0.3, 0.4) is 0 Å². The quantitative estimate of drug-likeness (QED) is 0.633. The lowest BCUT2D eigenvalue weighted by atomic mass is 10.2. The Hall–Kier alpha value is -1.73. The first kappa shape index (κ1) is 14.7. The lowest BCUT2D eigenvalue weighted by molar-refractivity contribution is 0.0697. The summed E-state index contributed by atoms with van der Waals surface area (Å²) in [5.74, 6) is -2.61. The molecule has 4 nitrogen and oxygen atoms in total. The maximum absolute atomic E-state index is 13.6. The third-order valence-electron chi connectivity index (χ3n) is 2.31. The number of halogens is 4. The molecule has 0 saturated carbocycles. The van der Waals surface area contributed by atoms with Crippen LogP contribution in [0.1, 0.15) is 10.4 Å². The molecule has 0 atom stereocenters. The number of rotatable bonds is 3. The molecule has 0 fully saturated rings. The summed E-state index contributed by atoms with van der Waals surface area (Å²) in [7, 11) is 0. The highest BCUT2D eigenvalue weighted by molar-refractivity contribution is 9.10. The Bertz CT molecular complexity index is 697. The molecule has 0 unspecified atom stereocenters. The Kier molecular flexibility index (Phi) is 4.20. The van der Waals surface area contributed by atoms with Gasteiger partial charge >= 0.3 is 5.97 Å². The fourth-order valence-electron chi connectivity index (χ4n) is 1.44. The molecular formula is C12H6BrClF2N2O2. The average molecular weight is 364 g/mol. The number of hydrogen-bond acceptors (Lipinski definition) is 3. The van der Waals surface area contributed by atoms with Gasteiger partial charge in [-0.15, -0.1) is 0 Å². The molecule has 0 amide bonds. The second kappa shape index (κ2) is 5.72. The van der Waals surface area contributed by atoms with Crippen molar-refractivity contribution in [3.05, 3.63) is 51.1 Å². The molecule has 1 aromatic heterocycles. The minimum atomic E-state index is -1.21. The highest BCUT2D eigenvalue weighted by atomic mass is 79.9. The molecule has 0 bridgehead atoms. The fourth-order valence-corrected chi connectivity index (χ4v) is 1.96. The number of carboxylic acid groups (broad SMARTS) is 1. The first-order valence-corrected chi connectivity index (χ1v) is 6.36. The van der Waals surface area contributed by atoms with E-state index in [-0.39, 0.29) is 26.7 Å². The highest BCUT2D eigenvalue weighted by Gasteiger charge is 2.11. The molecule has 2 N–H and O–H groups in total. The number of benzene rings is 1. The van der Waals surface area contributed by atoms with Gasteiger partial charge in [0.2, 0.25) is 0 Å². The average Bonchev–Trinajstić information content (AvgIpc) is 2.35. The maximum Gasteiger partial charge on any atom is 0.335 e. The standard InChI is InChI=1S/C12H6BrClF2N2O2/c13-6-3-8(16)9(4-7(6)15)17-11-2-5(12(19)20)1-10(14)18-11/h1-4H,(H,17,18)(H,19,20). The zero-order chi connectivity index (χ0) is 14.9. The molecule has 0 spiro atoms. The number of nitrogens with one attached hydrogen (secondary N) is 1. The molecule has 1 heterocycles.